The Hall–Kier alpha value is -0.463. The van der Waals surface area contributed by atoms with Crippen molar-refractivity contribution in [2.75, 3.05) is 24.7 Å². The second-order valence-corrected chi connectivity index (χ2v) is 18.1. The van der Waals surface area contributed by atoms with Gasteiger partial charge in [0.2, 0.25) is 0 Å². The van der Waals surface area contributed by atoms with E-state index in [1.165, 1.54) is 25.7 Å². The highest BCUT2D eigenvalue weighted by Gasteiger charge is 2.45. The Kier molecular flexibility index (Phi) is 9.34. The average molecular weight is 530 g/mol. The standard InChI is InChI=1S/C27H46Cl2N2O2Si/c1-18(2)34(19(3)4,20(5)6)33-14-13-32-26-22(28)15-21(16-23(26)29)31-17-27(7,8)30-24-11-9-10-12-25(24)31/h15-16,18-20,24-25,30H,9-14,17H2,1-8H3/t24-,25-/m0/s1. The van der Waals surface area contributed by atoms with Gasteiger partial charge < -0.3 is 19.4 Å². The summed E-state index contributed by atoms with van der Waals surface area (Å²) >= 11 is 13.5. The summed E-state index contributed by atoms with van der Waals surface area (Å²) in [6.45, 7) is 20.3. The van der Waals surface area contributed by atoms with E-state index in [-0.39, 0.29) is 5.54 Å². The molecule has 2 aliphatic rings. The molecule has 1 saturated carbocycles. The average Bonchev–Trinajstić information content (AvgIpc) is 2.73. The summed E-state index contributed by atoms with van der Waals surface area (Å²) in [5, 5.41) is 5.01. The van der Waals surface area contributed by atoms with E-state index in [4.69, 9.17) is 32.4 Å². The van der Waals surface area contributed by atoms with Crippen molar-refractivity contribution in [3.05, 3.63) is 22.2 Å². The Morgan fingerprint density at radius 3 is 2.09 bits per heavy atom. The van der Waals surface area contributed by atoms with Gasteiger partial charge in [0.05, 0.1) is 16.7 Å². The maximum atomic E-state index is 6.74. The van der Waals surface area contributed by atoms with Crippen molar-refractivity contribution in [2.24, 2.45) is 0 Å². The van der Waals surface area contributed by atoms with Crippen molar-refractivity contribution in [1.29, 1.82) is 0 Å². The molecular weight excluding hydrogens is 483 g/mol. The van der Waals surface area contributed by atoms with Gasteiger partial charge in [-0.25, -0.2) is 0 Å². The number of nitrogens with one attached hydrogen (secondary N) is 1. The third-order valence-corrected chi connectivity index (χ3v) is 14.7. The van der Waals surface area contributed by atoms with Crippen molar-refractivity contribution < 1.29 is 9.16 Å². The van der Waals surface area contributed by atoms with Crippen LogP contribution in [0.15, 0.2) is 12.1 Å². The van der Waals surface area contributed by atoms with Gasteiger partial charge in [0.25, 0.3) is 0 Å². The van der Waals surface area contributed by atoms with Crippen molar-refractivity contribution in [2.45, 2.75) is 115 Å². The predicted molar refractivity (Wildman–Crippen MR) is 150 cm³/mol. The molecule has 1 aliphatic carbocycles. The molecule has 0 spiro atoms. The van der Waals surface area contributed by atoms with Crippen LogP contribution in [0.5, 0.6) is 5.75 Å². The molecule has 0 bridgehead atoms. The summed E-state index contributed by atoms with van der Waals surface area (Å²) in [4.78, 5) is 2.51. The van der Waals surface area contributed by atoms with Crippen LogP contribution in [0.1, 0.15) is 81.1 Å². The Morgan fingerprint density at radius 1 is 0.971 bits per heavy atom. The molecule has 194 valence electrons. The second-order valence-electron chi connectivity index (χ2n) is 11.9. The third kappa shape index (κ3) is 5.91. The Bertz CT molecular complexity index is 786. The molecule has 2 fully saturated rings. The van der Waals surface area contributed by atoms with Crippen LogP contribution in [0.25, 0.3) is 0 Å². The number of nitrogens with zero attached hydrogens (tertiary/aromatic N) is 1. The summed E-state index contributed by atoms with van der Waals surface area (Å²) in [5.74, 6) is 0.566. The lowest BCUT2D eigenvalue weighted by molar-refractivity contribution is 0.197. The normalized spacial score (nSPS) is 23.0. The lowest BCUT2D eigenvalue weighted by Gasteiger charge is -2.52. The van der Waals surface area contributed by atoms with Crippen LogP contribution in [0.3, 0.4) is 0 Å². The van der Waals surface area contributed by atoms with E-state index in [2.05, 4.69) is 65.6 Å². The fourth-order valence-corrected chi connectivity index (χ4v) is 12.8. The summed E-state index contributed by atoms with van der Waals surface area (Å²) < 4.78 is 12.7. The van der Waals surface area contributed by atoms with E-state index in [1.807, 2.05) is 12.1 Å². The molecule has 0 amide bonds. The molecule has 1 N–H and O–H groups in total. The lowest BCUT2D eigenvalue weighted by Crippen LogP contribution is -2.67. The fraction of sp³-hybridized carbons (Fsp3) is 0.778. The molecule has 1 saturated heterocycles. The van der Waals surface area contributed by atoms with Crippen LogP contribution < -0.4 is 15.0 Å². The van der Waals surface area contributed by atoms with Crippen LogP contribution >= 0.6 is 23.2 Å². The molecule has 3 rings (SSSR count). The van der Waals surface area contributed by atoms with Crippen molar-refractivity contribution in [1.82, 2.24) is 5.32 Å². The minimum absolute atomic E-state index is 0.0452. The monoisotopic (exact) mass is 528 g/mol. The highest BCUT2D eigenvalue weighted by Crippen LogP contribution is 2.43. The first-order valence-corrected chi connectivity index (χ1v) is 16.1. The molecule has 0 unspecified atom stereocenters. The minimum atomic E-state index is -1.91. The van der Waals surface area contributed by atoms with Crippen LogP contribution in [0, 0.1) is 0 Å². The zero-order chi connectivity index (χ0) is 25.3. The van der Waals surface area contributed by atoms with Crippen LogP contribution in [-0.2, 0) is 4.43 Å². The maximum absolute atomic E-state index is 6.74. The molecule has 1 aromatic carbocycles. The lowest BCUT2D eigenvalue weighted by atomic mass is 9.83. The van der Waals surface area contributed by atoms with Gasteiger partial charge in [0, 0.05) is 29.9 Å². The van der Waals surface area contributed by atoms with Gasteiger partial charge in [-0.15, -0.1) is 0 Å². The van der Waals surface area contributed by atoms with Crippen LogP contribution in [0.2, 0.25) is 26.7 Å². The molecule has 7 heteroatoms. The van der Waals surface area contributed by atoms with Gasteiger partial charge in [-0.2, -0.15) is 0 Å². The molecular formula is C27H46Cl2N2O2Si. The van der Waals surface area contributed by atoms with E-state index in [0.29, 0.717) is 57.7 Å². The van der Waals surface area contributed by atoms with E-state index in [9.17, 15) is 0 Å². The van der Waals surface area contributed by atoms with Crippen molar-refractivity contribution in [3.8, 4) is 5.75 Å². The minimum Gasteiger partial charge on any atom is -0.488 e. The topological polar surface area (TPSA) is 33.7 Å². The van der Waals surface area contributed by atoms with Crippen LogP contribution in [-0.4, -0.2) is 45.7 Å². The quantitative estimate of drug-likeness (QED) is 0.259. The zero-order valence-electron chi connectivity index (χ0n) is 22.5. The molecule has 0 aromatic heterocycles. The SMILES string of the molecule is CC(C)[Si](OCCOc1c(Cl)cc(N2CC(C)(C)N[C@H]3CCCC[C@@H]32)cc1Cl)(C(C)C)C(C)C. The smallest absolute Gasteiger partial charge is 0.200 e. The molecule has 1 aromatic rings. The number of piperazine rings is 1. The first kappa shape index (κ1) is 28.1. The molecule has 1 heterocycles. The van der Waals surface area contributed by atoms with E-state index in [0.717, 1.165) is 12.2 Å². The van der Waals surface area contributed by atoms with Gasteiger partial charge in [0.15, 0.2) is 14.1 Å². The predicted octanol–water partition coefficient (Wildman–Crippen LogP) is 8.06. The largest absolute Gasteiger partial charge is 0.488 e. The number of hydrogen-bond acceptors (Lipinski definition) is 4. The zero-order valence-corrected chi connectivity index (χ0v) is 25.0. The van der Waals surface area contributed by atoms with Gasteiger partial charge in [-0.3, -0.25) is 0 Å². The second kappa shape index (κ2) is 11.3. The molecule has 0 radical (unpaired) electrons. The molecule has 34 heavy (non-hydrogen) atoms. The Labute approximate surface area is 219 Å². The van der Waals surface area contributed by atoms with E-state index < -0.39 is 8.32 Å². The van der Waals surface area contributed by atoms with Crippen molar-refractivity contribution >= 4 is 37.2 Å². The van der Waals surface area contributed by atoms with E-state index >= 15 is 0 Å². The number of ether oxygens (including phenoxy) is 1. The first-order valence-electron chi connectivity index (χ1n) is 13.2. The maximum Gasteiger partial charge on any atom is 0.200 e. The van der Waals surface area contributed by atoms with Gasteiger partial charge in [-0.05, 0) is 55.4 Å². The number of rotatable bonds is 9. The summed E-state index contributed by atoms with van der Waals surface area (Å²) in [6, 6.07) is 5.06. The first-order chi connectivity index (χ1) is 15.9. The van der Waals surface area contributed by atoms with Gasteiger partial charge >= 0.3 is 0 Å². The summed E-state index contributed by atoms with van der Waals surface area (Å²) in [5.41, 5.74) is 2.78. The highest BCUT2D eigenvalue weighted by molar-refractivity contribution is 6.77. The van der Waals surface area contributed by atoms with Crippen molar-refractivity contribution in [3.63, 3.8) is 0 Å². The number of benzene rings is 1. The number of anilines is 1. The van der Waals surface area contributed by atoms with E-state index in [1.54, 1.807) is 0 Å². The molecule has 4 nitrogen and oxygen atoms in total. The third-order valence-electron chi connectivity index (χ3n) is 7.98. The number of fused-ring (bicyclic) bond motifs is 1. The fourth-order valence-electron chi connectivity index (χ4n) is 6.74. The summed E-state index contributed by atoms with van der Waals surface area (Å²) in [7, 11) is -1.91. The van der Waals surface area contributed by atoms with Gasteiger partial charge in [-0.1, -0.05) is 77.6 Å². The summed E-state index contributed by atoms with van der Waals surface area (Å²) in [6.07, 6.45) is 4.99. The highest BCUT2D eigenvalue weighted by atomic mass is 35.5. The number of hydrogen-bond donors (Lipinski definition) is 1. The Balaban J connectivity index is 1.71. The van der Waals surface area contributed by atoms with Gasteiger partial charge in [0.1, 0.15) is 6.61 Å². The Morgan fingerprint density at radius 2 is 1.53 bits per heavy atom. The number of halogens is 2. The van der Waals surface area contributed by atoms with Crippen LogP contribution in [0.4, 0.5) is 5.69 Å². The molecule has 1 aliphatic heterocycles. The molecule has 2 atom stereocenters.